The van der Waals surface area contributed by atoms with Gasteiger partial charge in [0.15, 0.2) is 0 Å². The number of nitrogens with one attached hydrogen (secondary N) is 1. The second-order valence-corrected chi connectivity index (χ2v) is 17.9. The van der Waals surface area contributed by atoms with Crippen LogP contribution in [0.25, 0.3) is 6.08 Å². The van der Waals surface area contributed by atoms with Crippen LogP contribution < -0.4 is 14.8 Å². The van der Waals surface area contributed by atoms with Crippen LogP contribution in [0, 0.1) is 38.0 Å². The number of fused-ring (bicyclic) bond motifs is 2. The maximum Gasteiger partial charge on any atom is 0.412 e. The maximum atomic E-state index is 14.8. The van der Waals surface area contributed by atoms with Crippen LogP contribution >= 0.6 is 0 Å². The molecule has 17 heteroatoms. The predicted molar refractivity (Wildman–Crippen MR) is 266 cm³/mol. The van der Waals surface area contributed by atoms with Gasteiger partial charge in [0.05, 0.1) is 28.1 Å². The molecule has 1 fully saturated rings. The van der Waals surface area contributed by atoms with E-state index in [1.54, 1.807) is 53.5 Å². The summed E-state index contributed by atoms with van der Waals surface area (Å²) in [6.07, 6.45) is 10.8. The number of amides is 2. The number of oxime groups is 1. The van der Waals surface area contributed by atoms with Crippen molar-refractivity contribution >= 4 is 35.2 Å². The Kier molecular flexibility index (Phi) is 17.9. The van der Waals surface area contributed by atoms with Gasteiger partial charge in [-0.1, -0.05) is 67.4 Å². The highest BCUT2D eigenvalue weighted by Crippen LogP contribution is 2.62. The van der Waals surface area contributed by atoms with Gasteiger partial charge in [0.1, 0.15) is 24.1 Å². The second-order valence-electron chi connectivity index (χ2n) is 17.9. The molecule has 0 radical (unpaired) electrons. The number of allylic oxidation sites excluding steroid dienone is 1. The average Bonchev–Trinajstić information content (AvgIpc) is 3.38. The fourth-order valence-electron chi connectivity index (χ4n) is 10.2. The van der Waals surface area contributed by atoms with Crippen LogP contribution in [0.15, 0.2) is 133 Å². The molecule has 0 unspecified atom stereocenters. The van der Waals surface area contributed by atoms with E-state index in [4.69, 9.17) is 24.2 Å². The Balaban J connectivity index is 1.38. The molecule has 6 atom stereocenters. The van der Waals surface area contributed by atoms with Crippen molar-refractivity contribution in [3.8, 4) is 11.5 Å². The number of hydrogen-bond donors (Lipinski definition) is 3. The van der Waals surface area contributed by atoms with Gasteiger partial charge in [-0.2, -0.15) is 0 Å². The van der Waals surface area contributed by atoms with Gasteiger partial charge in [-0.25, -0.2) is 4.79 Å². The molecule has 1 aliphatic heterocycles. The molecule has 374 valence electrons. The highest BCUT2D eigenvalue weighted by molar-refractivity contribution is 6.03. The largest absolute Gasteiger partial charge is 0.459 e. The zero-order valence-corrected chi connectivity index (χ0v) is 39.8. The molecule has 0 aromatic heterocycles. The van der Waals surface area contributed by atoms with Crippen molar-refractivity contribution in [1.29, 1.82) is 0 Å². The molecule has 1 saturated carbocycles. The maximum absolute atomic E-state index is 14.8. The number of ether oxygens (including phenoxy) is 3. The van der Waals surface area contributed by atoms with Crippen LogP contribution in [0.1, 0.15) is 86.5 Å². The van der Waals surface area contributed by atoms with Crippen molar-refractivity contribution in [1.82, 2.24) is 10.2 Å². The first-order valence-corrected chi connectivity index (χ1v) is 24.2. The fourth-order valence-corrected chi connectivity index (χ4v) is 10.2. The smallest absolute Gasteiger partial charge is 0.412 e. The summed E-state index contributed by atoms with van der Waals surface area (Å²) >= 11 is 0. The van der Waals surface area contributed by atoms with Gasteiger partial charge in [0, 0.05) is 74.5 Å². The molecule has 2 amide bonds. The van der Waals surface area contributed by atoms with E-state index in [0.717, 1.165) is 23.1 Å². The number of carbonyl (C=O) groups excluding carboxylic acids is 2. The molecule has 17 nitrogen and oxygen atoms in total. The molecule has 71 heavy (non-hydrogen) atoms. The molecule has 0 saturated heterocycles. The van der Waals surface area contributed by atoms with Crippen LogP contribution in [0.2, 0.25) is 0 Å². The Morgan fingerprint density at radius 1 is 0.915 bits per heavy atom. The van der Waals surface area contributed by atoms with Gasteiger partial charge in [-0.15, -0.1) is 6.58 Å². The minimum Gasteiger partial charge on any atom is -0.459 e. The Morgan fingerprint density at radius 2 is 1.61 bits per heavy atom. The summed E-state index contributed by atoms with van der Waals surface area (Å²) in [5.74, 6) is -2.43. The van der Waals surface area contributed by atoms with E-state index in [1.165, 1.54) is 30.3 Å². The Labute approximate surface area is 412 Å². The molecule has 0 spiro atoms. The average molecular weight is 972 g/mol. The Bertz CT molecular complexity index is 2590. The van der Waals surface area contributed by atoms with Crippen LogP contribution in [-0.2, 0) is 27.5 Å². The first-order chi connectivity index (χ1) is 34.5. The molecule has 3 aliphatic rings. The molecular formula is C54H61N5O12. The lowest BCUT2D eigenvalue weighted by Gasteiger charge is -2.60. The van der Waals surface area contributed by atoms with Crippen molar-refractivity contribution in [2.75, 3.05) is 26.4 Å². The zero-order valence-electron chi connectivity index (χ0n) is 39.8. The summed E-state index contributed by atoms with van der Waals surface area (Å²) in [5, 5.41) is 50.4. The lowest BCUT2D eigenvalue weighted by Crippen LogP contribution is -2.70. The third-order valence-electron chi connectivity index (χ3n) is 13.3. The summed E-state index contributed by atoms with van der Waals surface area (Å²) in [6.45, 7) is 6.53. The fraction of sp³-hybridized carbons (Fsp3) is 0.389. The number of benzene rings is 4. The molecule has 1 heterocycles. The standard InChI is InChI=1S/C54H61N5O12/c1-3-28-57(50(62)27-20-37-16-21-41(22-17-37)58(64)65)49-34-47(56-69-36-39-18-23-42(24-19-39)59(66)67)45-32-40(14-8-10-29-60)44(15-9-11-30-61)51-46-33-43(70-53(63)55-35-38-12-6-5-7-13-38)25-26-48(46)71-54(49,52(45)51)68-31-4-2/h4-7,12-13,16-27,32-33,40,44,49,51-52,60-61H,2-3,8-11,14-15,28-31,34-36H2,1H3,(H,55,63)/t40-,44+,49-,51+,52+,54+/m0/s1. The number of nitro benzene ring substituents is 2. The summed E-state index contributed by atoms with van der Waals surface area (Å²) in [6, 6.07) is 25.8. The van der Waals surface area contributed by atoms with Crippen molar-refractivity contribution < 1.29 is 48.7 Å². The van der Waals surface area contributed by atoms with E-state index in [-0.39, 0.29) is 80.8 Å². The Morgan fingerprint density at radius 3 is 2.27 bits per heavy atom. The van der Waals surface area contributed by atoms with Crippen LogP contribution in [0.5, 0.6) is 11.5 Å². The van der Waals surface area contributed by atoms with E-state index in [2.05, 4.69) is 18.0 Å². The van der Waals surface area contributed by atoms with E-state index in [9.17, 15) is 40.0 Å². The molecule has 2 aliphatic carbocycles. The van der Waals surface area contributed by atoms with Crippen LogP contribution in [-0.4, -0.2) is 80.9 Å². The molecular weight excluding hydrogens is 911 g/mol. The molecule has 3 N–H and O–H groups in total. The monoisotopic (exact) mass is 971 g/mol. The topological polar surface area (TPSA) is 225 Å². The van der Waals surface area contributed by atoms with Crippen LogP contribution in [0.3, 0.4) is 0 Å². The molecule has 4 aromatic rings. The Hall–Kier alpha value is -7.21. The third kappa shape index (κ3) is 12.4. The quantitative estimate of drug-likeness (QED) is 0.0196. The van der Waals surface area contributed by atoms with Crippen molar-refractivity contribution in [3.05, 3.63) is 170 Å². The highest BCUT2D eigenvalue weighted by atomic mass is 16.7. The number of hydrogen-bond acceptors (Lipinski definition) is 13. The highest BCUT2D eigenvalue weighted by Gasteiger charge is 2.65. The lowest BCUT2D eigenvalue weighted by molar-refractivity contribution is -0.385. The van der Waals surface area contributed by atoms with Crippen molar-refractivity contribution in [2.45, 2.75) is 89.2 Å². The number of rotatable bonds is 24. The minimum absolute atomic E-state index is 0.00566. The second kappa shape index (κ2) is 24.6. The number of unbranched alkanes of at least 4 members (excludes halogenated alkanes) is 2. The van der Waals surface area contributed by atoms with Crippen LogP contribution in [0.4, 0.5) is 16.2 Å². The molecule has 0 bridgehead atoms. The summed E-state index contributed by atoms with van der Waals surface area (Å²) in [4.78, 5) is 57.9. The van der Waals surface area contributed by atoms with E-state index in [0.29, 0.717) is 61.1 Å². The summed E-state index contributed by atoms with van der Waals surface area (Å²) < 4.78 is 20.3. The van der Waals surface area contributed by atoms with E-state index >= 15 is 0 Å². The molecule has 4 aromatic carbocycles. The normalized spacial score (nSPS) is 21.5. The number of non-ortho nitro benzene ring substituents is 2. The summed E-state index contributed by atoms with van der Waals surface area (Å²) in [7, 11) is 0. The van der Waals surface area contributed by atoms with E-state index in [1.807, 2.05) is 43.3 Å². The summed E-state index contributed by atoms with van der Waals surface area (Å²) in [5.41, 5.74) is 4.06. The number of aliphatic hydroxyl groups excluding tert-OH is 2. The first-order valence-electron chi connectivity index (χ1n) is 24.2. The number of nitrogens with zero attached hydrogens (tertiary/aromatic N) is 4. The van der Waals surface area contributed by atoms with Gasteiger partial charge in [0.2, 0.25) is 11.7 Å². The van der Waals surface area contributed by atoms with E-state index < -0.39 is 39.6 Å². The zero-order chi connectivity index (χ0) is 50.3. The third-order valence-corrected chi connectivity index (χ3v) is 13.3. The minimum atomic E-state index is -1.57. The van der Waals surface area contributed by atoms with Gasteiger partial charge in [-0.3, -0.25) is 25.0 Å². The van der Waals surface area contributed by atoms with Crippen molar-refractivity contribution in [3.63, 3.8) is 0 Å². The van der Waals surface area contributed by atoms with Gasteiger partial charge in [0.25, 0.3) is 11.4 Å². The lowest BCUT2D eigenvalue weighted by atomic mass is 9.55. The predicted octanol–water partition coefficient (Wildman–Crippen LogP) is 9.58. The number of carbonyl (C=O) groups is 2. The SMILES string of the molecule is C=CCO[C@@]12Oc3ccc(OC(=O)NCc4ccccc4)cc3[C@H]3[C@H](CCCCO)[C@@H](CCCCO)C=C(C(=NOCc4ccc([N+](=O)[O-])cc4)C[C@@H]1N(CCC)C(=O)C=Cc1ccc([N+](=O)[O-])cc1)[C@H]32. The number of aliphatic hydroxyl groups is 2. The van der Waals surface area contributed by atoms with Crippen molar-refractivity contribution in [2.24, 2.45) is 22.9 Å². The number of nitro groups is 2. The van der Waals surface area contributed by atoms with Gasteiger partial charge < -0.3 is 39.5 Å². The van der Waals surface area contributed by atoms with Gasteiger partial charge in [-0.05, 0) is 115 Å². The van der Waals surface area contributed by atoms with Gasteiger partial charge >= 0.3 is 6.09 Å². The first kappa shape index (κ1) is 51.6. The molecule has 7 rings (SSSR count).